The molecule has 0 saturated heterocycles. The van der Waals surface area contributed by atoms with E-state index in [1.807, 2.05) is 0 Å². The molecule has 0 aromatic heterocycles. The summed E-state index contributed by atoms with van der Waals surface area (Å²) in [4.78, 5) is 0.262. The molecule has 0 bridgehead atoms. The fourth-order valence-electron chi connectivity index (χ4n) is 3.39. The SMILES string of the molecule is CS(=O)(=O)c1cc(Cl)ccc1COC1CCC(S(=O)(=O)c2ccccc2Cl)C1. The van der Waals surface area contributed by atoms with Crippen molar-refractivity contribution in [3.05, 3.63) is 58.1 Å². The van der Waals surface area contributed by atoms with E-state index in [2.05, 4.69) is 0 Å². The molecular formula is C19H20Cl2O5S2. The summed E-state index contributed by atoms with van der Waals surface area (Å²) in [5, 5.41) is -0.0289. The Morgan fingerprint density at radius 3 is 2.39 bits per heavy atom. The maximum absolute atomic E-state index is 12.9. The van der Waals surface area contributed by atoms with E-state index in [1.165, 1.54) is 12.1 Å². The highest BCUT2D eigenvalue weighted by atomic mass is 35.5. The lowest BCUT2D eigenvalue weighted by Crippen LogP contribution is -2.20. The van der Waals surface area contributed by atoms with Gasteiger partial charge in [0.15, 0.2) is 19.7 Å². The Morgan fingerprint density at radius 2 is 1.71 bits per heavy atom. The molecule has 0 amide bonds. The van der Waals surface area contributed by atoms with Crippen molar-refractivity contribution in [2.45, 2.75) is 47.0 Å². The molecule has 152 valence electrons. The standard InChI is InChI=1S/C19H20Cl2O5S2/c1-27(22,23)19-10-14(20)7-6-13(19)12-26-15-8-9-16(11-15)28(24,25)18-5-3-2-4-17(18)21/h2-7,10,15-16H,8-9,11-12H2,1H3. The van der Waals surface area contributed by atoms with Crippen LogP contribution >= 0.6 is 23.2 Å². The minimum absolute atomic E-state index is 0.0725. The van der Waals surface area contributed by atoms with Crippen LogP contribution in [0.25, 0.3) is 0 Å². The van der Waals surface area contributed by atoms with Crippen LogP contribution in [0.1, 0.15) is 24.8 Å². The fraction of sp³-hybridized carbons (Fsp3) is 0.368. The third-order valence-electron chi connectivity index (χ3n) is 4.82. The van der Waals surface area contributed by atoms with E-state index in [9.17, 15) is 16.8 Å². The summed E-state index contributed by atoms with van der Waals surface area (Å²) in [6, 6.07) is 11.0. The molecule has 2 unspecified atom stereocenters. The first-order chi connectivity index (χ1) is 13.1. The first-order valence-corrected chi connectivity index (χ1v) is 12.9. The fourth-order valence-corrected chi connectivity index (χ4v) is 6.91. The molecule has 1 saturated carbocycles. The van der Waals surface area contributed by atoms with Crippen LogP contribution in [0, 0.1) is 0 Å². The van der Waals surface area contributed by atoms with E-state index in [1.54, 1.807) is 30.3 Å². The van der Waals surface area contributed by atoms with Crippen LogP contribution in [0.2, 0.25) is 10.0 Å². The zero-order chi connectivity index (χ0) is 20.5. The summed E-state index contributed by atoms with van der Waals surface area (Å²) in [5.41, 5.74) is 0.504. The van der Waals surface area contributed by atoms with Crippen LogP contribution in [0.15, 0.2) is 52.3 Å². The van der Waals surface area contributed by atoms with Gasteiger partial charge in [-0.05, 0) is 49.1 Å². The lowest BCUT2D eigenvalue weighted by molar-refractivity contribution is 0.0446. The van der Waals surface area contributed by atoms with Crippen molar-refractivity contribution in [1.82, 2.24) is 0 Å². The van der Waals surface area contributed by atoms with E-state index in [0.717, 1.165) is 6.26 Å². The number of sulfone groups is 2. The second kappa shape index (κ2) is 8.32. The van der Waals surface area contributed by atoms with Gasteiger partial charge in [0.05, 0.1) is 32.8 Å². The highest BCUT2D eigenvalue weighted by Gasteiger charge is 2.36. The van der Waals surface area contributed by atoms with E-state index >= 15 is 0 Å². The smallest absolute Gasteiger partial charge is 0.182 e. The second-order valence-corrected chi connectivity index (χ2v) is 11.9. The Bertz CT molecular complexity index is 1080. The summed E-state index contributed by atoms with van der Waals surface area (Å²) in [6.45, 7) is 0.0725. The van der Waals surface area contributed by atoms with Crippen LogP contribution < -0.4 is 0 Å². The number of hydrogen-bond donors (Lipinski definition) is 0. The minimum Gasteiger partial charge on any atom is -0.373 e. The first-order valence-electron chi connectivity index (χ1n) is 8.67. The molecule has 9 heteroatoms. The monoisotopic (exact) mass is 462 g/mol. The van der Waals surface area contributed by atoms with Crippen molar-refractivity contribution in [2.75, 3.05) is 6.26 Å². The molecule has 0 heterocycles. The van der Waals surface area contributed by atoms with Crippen molar-refractivity contribution < 1.29 is 21.6 Å². The number of benzene rings is 2. The van der Waals surface area contributed by atoms with E-state index in [-0.39, 0.29) is 27.5 Å². The van der Waals surface area contributed by atoms with Crippen molar-refractivity contribution in [3.8, 4) is 0 Å². The molecule has 1 aliphatic carbocycles. The molecule has 0 N–H and O–H groups in total. The summed E-state index contributed by atoms with van der Waals surface area (Å²) >= 11 is 12.0. The van der Waals surface area contributed by atoms with Gasteiger partial charge in [0.25, 0.3) is 0 Å². The molecule has 2 aromatic carbocycles. The van der Waals surface area contributed by atoms with Crippen molar-refractivity contribution in [3.63, 3.8) is 0 Å². The molecular weight excluding hydrogens is 443 g/mol. The van der Waals surface area contributed by atoms with Gasteiger partial charge in [-0.25, -0.2) is 16.8 Å². The molecule has 0 aliphatic heterocycles. The van der Waals surface area contributed by atoms with Gasteiger partial charge in [-0.2, -0.15) is 0 Å². The summed E-state index contributed by atoms with van der Waals surface area (Å²) in [5.74, 6) is 0. The highest BCUT2D eigenvalue weighted by molar-refractivity contribution is 7.92. The average Bonchev–Trinajstić information content (AvgIpc) is 3.10. The predicted octanol–water partition coefficient (Wildman–Crippen LogP) is 4.31. The van der Waals surface area contributed by atoms with Crippen LogP contribution in [-0.4, -0.2) is 34.4 Å². The predicted molar refractivity (Wildman–Crippen MR) is 109 cm³/mol. The van der Waals surface area contributed by atoms with Gasteiger partial charge in [0.2, 0.25) is 0 Å². The zero-order valence-corrected chi connectivity index (χ0v) is 18.3. The Labute approximate surface area is 175 Å². The molecule has 1 aliphatic rings. The van der Waals surface area contributed by atoms with Crippen LogP contribution in [0.5, 0.6) is 0 Å². The minimum atomic E-state index is -3.55. The maximum atomic E-state index is 12.9. The van der Waals surface area contributed by atoms with E-state index < -0.39 is 24.9 Å². The zero-order valence-electron chi connectivity index (χ0n) is 15.1. The third kappa shape index (κ3) is 4.71. The van der Waals surface area contributed by atoms with Crippen LogP contribution in [-0.2, 0) is 31.0 Å². The molecule has 3 rings (SSSR count). The van der Waals surface area contributed by atoms with Gasteiger partial charge in [0.1, 0.15) is 0 Å². The van der Waals surface area contributed by atoms with Crippen LogP contribution in [0.4, 0.5) is 0 Å². The quantitative estimate of drug-likeness (QED) is 0.638. The molecule has 1 fully saturated rings. The maximum Gasteiger partial charge on any atom is 0.182 e. The van der Waals surface area contributed by atoms with Gasteiger partial charge in [0, 0.05) is 11.3 Å². The Morgan fingerprint density at radius 1 is 1.00 bits per heavy atom. The van der Waals surface area contributed by atoms with Crippen molar-refractivity contribution in [2.24, 2.45) is 0 Å². The third-order valence-corrected chi connectivity index (χ3v) is 8.95. The second-order valence-electron chi connectivity index (χ2n) is 6.87. The normalized spacial score (nSPS) is 20.4. The Balaban J connectivity index is 1.71. The lowest BCUT2D eigenvalue weighted by atomic mass is 10.2. The topological polar surface area (TPSA) is 77.5 Å². The molecule has 28 heavy (non-hydrogen) atoms. The lowest BCUT2D eigenvalue weighted by Gasteiger charge is -2.15. The molecule has 0 radical (unpaired) electrons. The number of hydrogen-bond acceptors (Lipinski definition) is 5. The first kappa shape index (κ1) is 21.6. The number of rotatable bonds is 6. The number of ether oxygens (including phenoxy) is 1. The summed E-state index contributed by atoms with van der Waals surface area (Å²) < 4.78 is 55.5. The molecule has 2 atom stereocenters. The van der Waals surface area contributed by atoms with Crippen LogP contribution in [0.3, 0.4) is 0 Å². The Hall–Kier alpha value is -1.12. The van der Waals surface area contributed by atoms with Gasteiger partial charge in [-0.15, -0.1) is 0 Å². The van der Waals surface area contributed by atoms with Gasteiger partial charge in [-0.1, -0.05) is 41.4 Å². The van der Waals surface area contributed by atoms with E-state index in [0.29, 0.717) is 29.8 Å². The number of halogens is 2. The highest BCUT2D eigenvalue weighted by Crippen LogP contribution is 2.35. The average molecular weight is 463 g/mol. The van der Waals surface area contributed by atoms with Crippen molar-refractivity contribution >= 4 is 42.9 Å². The van der Waals surface area contributed by atoms with Gasteiger partial charge >= 0.3 is 0 Å². The molecule has 5 nitrogen and oxygen atoms in total. The largest absolute Gasteiger partial charge is 0.373 e. The van der Waals surface area contributed by atoms with E-state index in [4.69, 9.17) is 27.9 Å². The van der Waals surface area contributed by atoms with Crippen molar-refractivity contribution in [1.29, 1.82) is 0 Å². The van der Waals surface area contributed by atoms with Gasteiger partial charge in [-0.3, -0.25) is 0 Å². The molecule has 2 aromatic rings. The van der Waals surface area contributed by atoms with Gasteiger partial charge < -0.3 is 4.74 Å². The molecule has 0 spiro atoms. The summed E-state index contributed by atoms with van der Waals surface area (Å²) in [6.07, 6.45) is 2.23. The summed E-state index contributed by atoms with van der Waals surface area (Å²) in [7, 11) is -7.00. The Kier molecular flexibility index (Phi) is 6.41.